The van der Waals surface area contributed by atoms with Gasteiger partial charge in [0.25, 0.3) is 5.56 Å². The van der Waals surface area contributed by atoms with Gasteiger partial charge in [-0.05, 0) is 6.42 Å². The van der Waals surface area contributed by atoms with E-state index in [1.165, 1.54) is 18.6 Å². The SMILES string of the molecule is CCc1nc(Cn2cnccc2=O)cs1. The Labute approximate surface area is 91.3 Å². The highest BCUT2D eigenvalue weighted by molar-refractivity contribution is 7.09. The number of thiazole rings is 1. The molecule has 78 valence electrons. The predicted molar refractivity (Wildman–Crippen MR) is 59.1 cm³/mol. The van der Waals surface area contributed by atoms with Crippen LogP contribution in [0, 0.1) is 0 Å². The van der Waals surface area contributed by atoms with Gasteiger partial charge in [-0.3, -0.25) is 9.36 Å². The minimum Gasteiger partial charge on any atom is -0.293 e. The number of aromatic nitrogens is 3. The second kappa shape index (κ2) is 4.35. The van der Waals surface area contributed by atoms with E-state index in [0.29, 0.717) is 6.54 Å². The lowest BCUT2D eigenvalue weighted by molar-refractivity contribution is 0.720. The average Bonchev–Trinajstić information content (AvgIpc) is 2.69. The van der Waals surface area contributed by atoms with Gasteiger partial charge in [-0.25, -0.2) is 9.97 Å². The molecule has 5 heteroatoms. The Morgan fingerprint density at radius 1 is 1.53 bits per heavy atom. The lowest BCUT2D eigenvalue weighted by atomic mass is 10.4. The van der Waals surface area contributed by atoms with E-state index in [0.717, 1.165) is 17.1 Å². The molecule has 0 saturated heterocycles. The van der Waals surface area contributed by atoms with Gasteiger partial charge in [0.1, 0.15) is 0 Å². The molecule has 2 aromatic heterocycles. The van der Waals surface area contributed by atoms with Crippen molar-refractivity contribution in [3.63, 3.8) is 0 Å². The van der Waals surface area contributed by atoms with Gasteiger partial charge in [-0.15, -0.1) is 11.3 Å². The Kier molecular flexibility index (Phi) is 2.91. The summed E-state index contributed by atoms with van der Waals surface area (Å²) in [6.45, 7) is 2.57. The van der Waals surface area contributed by atoms with Crippen molar-refractivity contribution >= 4 is 11.3 Å². The number of aryl methyl sites for hydroxylation is 1. The first-order valence-electron chi connectivity index (χ1n) is 4.73. The van der Waals surface area contributed by atoms with Gasteiger partial charge in [-0.1, -0.05) is 6.92 Å². The van der Waals surface area contributed by atoms with Crippen LogP contribution in [-0.2, 0) is 13.0 Å². The van der Waals surface area contributed by atoms with E-state index in [-0.39, 0.29) is 5.56 Å². The first kappa shape index (κ1) is 10.0. The quantitative estimate of drug-likeness (QED) is 0.785. The summed E-state index contributed by atoms with van der Waals surface area (Å²) in [5, 5.41) is 3.08. The second-order valence-corrected chi connectivity index (χ2v) is 4.08. The van der Waals surface area contributed by atoms with Gasteiger partial charge in [0.05, 0.1) is 23.6 Å². The van der Waals surface area contributed by atoms with Crippen LogP contribution in [0.1, 0.15) is 17.6 Å². The Morgan fingerprint density at radius 3 is 3.07 bits per heavy atom. The number of hydrogen-bond acceptors (Lipinski definition) is 4. The van der Waals surface area contributed by atoms with Crippen LogP contribution in [0.3, 0.4) is 0 Å². The zero-order valence-corrected chi connectivity index (χ0v) is 9.20. The van der Waals surface area contributed by atoms with E-state index >= 15 is 0 Å². The van der Waals surface area contributed by atoms with E-state index in [1.54, 1.807) is 15.9 Å². The molecular formula is C10H11N3OS. The molecule has 0 aliphatic heterocycles. The maximum atomic E-state index is 11.4. The maximum Gasteiger partial charge on any atom is 0.253 e. The Hall–Kier alpha value is -1.49. The average molecular weight is 221 g/mol. The number of hydrogen-bond donors (Lipinski definition) is 0. The molecule has 0 aromatic carbocycles. The molecule has 0 radical (unpaired) electrons. The van der Waals surface area contributed by atoms with Gasteiger partial charge in [-0.2, -0.15) is 0 Å². The monoisotopic (exact) mass is 221 g/mol. The standard InChI is InChI=1S/C10H11N3OS/c1-2-9-12-8(6-15-9)5-13-7-11-4-3-10(13)14/h3-4,6-7H,2,5H2,1H3. The molecule has 0 spiro atoms. The molecule has 0 aliphatic carbocycles. The fourth-order valence-electron chi connectivity index (χ4n) is 1.26. The number of nitrogens with zero attached hydrogens (tertiary/aromatic N) is 3. The molecule has 4 nitrogen and oxygen atoms in total. The van der Waals surface area contributed by atoms with Crippen molar-refractivity contribution in [3.8, 4) is 0 Å². The fourth-order valence-corrected chi connectivity index (χ4v) is 1.99. The third-order valence-electron chi connectivity index (χ3n) is 2.03. The molecule has 0 amide bonds. The van der Waals surface area contributed by atoms with Crippen LogP contribution in [0.15, 0.2) is 28.8 Å². The van der Waals surface area contributed by atoms with E-state index in [2.05, 4.69) is 16.9 Å². The van der Waals surface area contributed by atoms with Gasteiger partial charge in [0, 0.05) is 17.6 Å². The first-order chi connectivity index (χ1) is 7.29. The van der Waals surface area contributed by atoms with Crippen molar-refractivity contribution in [1.82, 2.24) is 14.5 Å². The molecule has 0 atom stereocenters. The van der Waals surface area contributed by atoms with E-state index in [4.69, 9.17) is 0 Å². The van der Waals surface area contributed by atoms with Crippen molar-refractivity contribution in [3.05, 3.63) is 45.0 Å². The van der Waals surface area contributed by atoms with Crippen LogP contribution in [0.4, 0.5) is 0 Å². The van der Waals surface area contributed by atoms with Crippen molar-refractivity contribution in [1.29, 1.82) is 0 Å². The molecule has 0 unspecified atom stereocenters. The summed E-state index contributed by atoms with van der Waals surface area (Å²) in [7, 11) is 0. The normalized spacial score (nSPS) is 10.5. The molecule has 2 rings (SSSR count). The summed E-state index contributed by atoms with van der Waals surface area (Å²) in [5.41, 5.74) is 0.878. The summed E-state index contributed by atoms with van der Waals surface area (Å²) in [6, 6.07) is 1.45. The van der Waals surface area contributed by atoms with Crippen molar-refractivity contribution in [2.45, 2.75) is 19.9 Å². The molecule has 2 heterocycles. The molecule has 0 saturated carbocycles. The first-order valence-corrected chi connectivity index (χ1v) is 5.61. The van der Waals surface area contributed by atoms with Gasteiger partial charge in [0.15, 0.2) is 0 Å². The highest BCUT2D eigenvalue weighted by Gasteiger charge is 2.02. The molecule has 0 fully saturated rings. The van der Waals surface area contributed by atoms with Gasteiger partial charge in [0.2, 0.25) is 0 Å². The zero-order valence-electron chi connectivity index (χ0n) is 8.38. The zero-order chi connectivity index (χ0) is 10.7. The molecule has 0 bridgehead atoms. The van der Waals surface area contributed by atoms with Crippen LogP contribution in [0.25, 0.3) is 0 Å². The summed E-state index contributed by atoms with van der Waals surface area (Å²) in [5.74, 6) is 0. The van der Waals surface area contributed by atoms with Crippen LogP contribution in [-0.4, -0.2) is 14.5 Å². The Morgan fingerprint density at radius 2 is 2.40 bits per heavy atom. The summed E-state index contributed by atoms with van der Waals surface area (Å²) >= 11 is 1.63. The van der Waals surface area contributed by atoms with E-state index < -0.39 is 0 Å². The van der Waals surface area contributed by atoms with Crippen LogP contribution in [0.5, 0.6) is 0 Å². The third-order valence-corrected chi connectivity index (χ3v) is 3.07. The summed E-state index contributed by atoms with van der Waals surface area (Å²) < 4.78 is 1.55. The highest BCUT2D eigenvalue weighted by atomic mass is 32.1. The maximum absolute atomic E-state index is 11.4. The van der Waals surface area contributed by atoms with Crippen LogP contribution >= 0.6 is 11.3 Å². The van der Waals surface area contributed by atoms with Crippen LogP contribution in [0.2, 0.25) is 0 Å². The van der Waals surface area contributed by atoms with Gasteiger partial charge < -0.3 is 0 Å². The van der Waals surface area contributed by atoms with Crippen LogP contribution < -0.4 is 5.56 Å². The molecule has 0 aliphatic rings. The summed E-state index contributed by atoms with van der Waals surface area (Å²) in [4.78, 5) is 19.7. The largest absolute Gasteiger partial charge is 0.293 e. The molecular weight excluding hydrogens is 210 g/mol. The van der Waals surface area contributed by atoms with Crippen molar-refractivity contribution in [2.75, 3.05) is 0 Å². The Bertz CT molecular complexity index is 503. The minimum atomic E-state index is -0.0453. The van der Waals surface area contributed by atoms with E-state index in [1.807, 2.05) is 5.38 Å². The fraction of sp³-hybridized carbons (Fsp3) is 0.300. The Balaban J connectivity index is 2.22. The van der Waals surface area contributed by atoms with Gasteiger partial charge >= 0.3 is 0 Å². The van der Waals surface area contributed by atoms with Crippen molar-refractivity contribution in [2.24, 2.45) is 0 Å². The second-order valence-electron chi connectivity index (χ2n) is 3.13. The molecule has 15 heavy (non-hydrogen) atoms. The smallest absolute Gasteiger partial charge is 0.253 e. The highest BCUT2D eigenvalue weighted by Crippen LogP contribution is 2.10. The summed E-state index contributed by atoms with van der Waals surface area (Å²) in [6.07, 6.45) is 3.97. The lowest BCUT2D eigenvalue weighted by Gasteiger charge is -2.00. The third kappa shape index (κ3) is 2.30. The molecule has 0 N–H and O–H groups in total. The predicted octanol–water partition coefficient (Wildman–Crippen LogP) is 1.31. The minimum absolute atomic E-state index is 0.0453. The topological polar surface area (TPSA) is 47.8 Å². The lowest BCUT2D eigenvalue weighted by Crippen LogP contribution is -2.19. The molecule has 2 aromatic rings. The number of rotatable bonds is 3. The van der Waals surface area contributed by atoms with Crippen molar-refractivity contribution < 1.29 is 0 Å². The van der Waals surface area contributed by atoms with E-state index in [9.17, 15) is 4.79 Å².